The Morgan fingerprint density at radius 2 is 2.29 bits per heavy atom. The van der Waals surface area contributed by atoms with Gasteiger partial charge in [0.25, 0.3) is 0 Å². The Hall–Kier alpha value is -1.62. The smallest absolute Gasteiger partial charge is 0.221 e. The fourth-order valence-electron chi connectivity index (χ4n) is 1.30. The summed E-state index contributed by atoms with van der Waals surface area (Å²) in [6.07, 6.45) is 0.258. The van der Waals surface area contributed by atoms with Crippen LogP contribution in [0.25, 0.3) is 10.2 Å². The number of nitrogens with zero attached hydrogens (tertiary/aromatic N) is 1. The van der Waals surface area contributed by atoms with Crippen LogP contribution in [0, 0.1) is 0 Å². The Labute approximate surface area is 84.5 Å². The van der Waals surface area contributed by atoms with Crippen LogP contribution >= 0.6 is 11.3 Å². The third kappa shape index (κ3) is 1.67. The van der Waals surface area contributed by atoms with E-state index < -0.39 is 0 Å². The van der Waals surface area contributed by atoms with Crippen molar-refractivity contribution in [3.05, 3.63) is 23.8 Å². The molecule has 1 aromatic heterocycles. The molecule has 0 saturated carbocycles. The molecular formula is C9H9N3OS. The quantitative estimate of drug-likeness (QED) is 0.767. The minimum Gasteiger partial charge on any atom is -0.375 e. The number of hydrogen-bond acceptors (Lipinski definition) is 4. The van der Waals surface area contributed by atoms with Gasteiger partial charge in [0, 0.05) is 0 Å². The van der Waals surface area contributed by atoms with Crippen LogP contribution in [0.15, 0.2) is 18.2 Å². The Balaban J connectivity index is 2.45. The summed E-state index contributed by atoms with van der Waals surface area (Å²) in [4.78, 5) is 14.8. The molecule has 2 rings (SSSR count). The Morgan fingerprint density at radius 3 is 3.00 bits per heavy atom. The number of nitrogens with two attached hydrogens (primary N) is 2. The molecule has 1 heterocycles. The van der Waals surface area contributed by atoms with Gasteiger partial charge in [-0.05, 0) is 17.7 Å². The molecule has 4 N–H and O–H groups in total. The average Bonchev–Trinajstić information content (AvgIpc) is 2.42. The van der Waals surface area contributed by atoms with Crippen LogP contribution in [0.1, 0.15) is 5.56 Å². The van der Waals surface area contributed by atoms with Crippen LogP contribution in [-0.2, 0) is 11.2 Å². The predicted octanol–water partition coefficient (Wildman–Crippen LogP) is 0.906. The van der Waals surface area contributed by atoms with Gasteiger partial charge in [-0.1, -0.05) is 17.4 Å². The first kappa shape index (κ1) is 8.96. The fraction of sp³-hybridized carbons (Fsp3) is 0.111. The average molecular weight is 207 g/mol. The molecule has 0 radical (unpaired) electrons. The highest BCUT2D eigenvalue weighted by atomic mass is 32.1. The molecule has 0 aliphatic carbocycles. The summed E-state index contributed by atoms with van der Waals surface area (Å²) in [6, 6.07) is 5.58. The lowest BCUT2D eigenvalue weighted by atomic mass is 10.1. The van der Waals surface area contributed by atoms with E-state index in [4.69, 9.17) is 11.5 Å². The van der Waals surface area contributed by atoms with Gasteiger partial charge in [0.1, 0.15) is 0 Å². The number of rotatable bonds is 2. The number of thiazole rings is 1. The van der Waals surface area contributed by atoms with Gasteiger partial charge in [-0.25, -0.2) is 4.98 Å². The van der Waals surface area contributed by atoms with E-state index >= 15 is 0 Å². The molecule has 2 aromatic rings. The van der Waals surface area contributed by atoms with Crippen molar-refractivity contribution in [2.75, 3.05) is 5.73 Å². The lowest BCUT2D eigenvalue weighted by molar-refractivity contribution is -0.117. The van der Waals surface area contributed by atoms with Gasteiger partial charge in [-0.2, -0.15) is 0 Å². The highest BCUT2D eigenvalue weighted by molar-refractivity contribution is 7.22. The summed E-state index contributed by atoms with van der Waals surface area (Å²) in [5.74, 6) is -0.332. The summed E-state index contributed by atoms with van der Waals surface area (Å²) in [5, 5.41) is 0.538. The van der Waals surface area contributed by atoms with E-state index in [0.29, 0.717) is 5.13 Å². The molecule has 4 nitrogen and oxygen atoms in total. The molecular weight excluding hydrogens is 198 g/mol. The summed E-state index contributed by atoms with van der Waals surface area (Å²) < 4.78 is 0.987. The highest BCUT2D eigenvalue weighted by Gasteiger charge is 2.03. The van der Waals surface area contributed by atoms with Crippen molar-refractivity contribution in [2.24, 2.45) is 5.73 Å². The van der Waals surface area contributed by atoms with E-state index in [1.807, 2.05) is 18.2 Å². The van der Waals surface area contributed by atoms with Crippen LogP contribution in [0.5, 0.6) is 0 Å². The molecule has 0 atom stereocenters. The number of primary amides is 1. The second-order valence-electron chi connectivity index (χ2n) is 3.00. The molecule has 0 spiro atoms. The maximum absolute atomic E-state index is 10.7. The molecule has 72 valence electrons. The number of hydrogen-bond donors (Lipinski definition) is 2. The van der Waals surface area contributed by atoms with Gasteiger partial charge in [-0.3, -0.25) is 4.79 Å². The normalized spacial score (nSPS) is 10.6. The number of fused-ring (bicyclic) bond motifs is 1. The van der Waals surface area contributed by atoms with Crippen LogP contribution < -0.4 is 11.5 Å². The largest absolute Gasteiger partial charge is 0.375 e. The summed E-state index contributed by atoms with van der Waals surface area (Å²) >= 11 is 1.41. The topological polar surface area (TPSA) is 82.0 Å². The molecule has 0 saturated heterocycles. The fourth-order valence-corrected chi connectivity index (χ4v) is 2.10. The molecule has 5 heteroatoms. The van der Waals surface area contributed by atoms with Gasteiger partial charge in [0.15, 0.2) is 5.13 Å². The SMILES string of the molecule is NC(=O)Cc1ccc2nc(N)sc2c1. The van der Waals surface area contributed by atoms with E-state index in [-0.39, 0.29) is 12.3 Å². The zero-order valence-electron chi connectivity index (χ0n) is 7.36. The van der Waals surface area contributed by atoms with E-state index in [1.54, 1.807) is 0 Å². The highest BCUT2D eigenvalue weighted by Crippen LogP contribution is 2.24. The second kappa shape index (κ2) is 3.26. The minimum atomic E-state index is -0.332. The summed E-state index contributed by atoms with van der Waals surface area (Å²) in [7, 11) is 0. The van der Waals surface area contributed by atoms with Crippen LogP contribution in [-0.4, -0.2) is 10.9 Å². The summed E-state index contributed by atoms with van der Waals surface area (Å²) in [6.45, 7) is 0. The first-order valence-electron chi connectivity index (χ1n) is 4.08. The first-order valence-corrected chi connectivity index (χ1v) is 4.90. The number of nitrogen functional groups attached to an aromatic ring is 1. The van der Waals surface area contributed by atoms with Crippen molar-refractivity contribution in [3.8, 4) is 0 Å². The number of carbonyl (C=O) groups excluding carboxylic acids is 1. The van der Waals surface area contributed by atoms with Crippen molar-refractivity contribution >= 4 is 32.6 Å². The standard InChI is InChI=1S/C9H9N3OS/c10-8(13)4-5-1-2-6-7(3-5)14-9(11)12-6/h1-3H,4H2,(H2,10,13)(H2,11,12). The van der Waals surface area contributed by atoms with Crippen molar-refractivity contribution in [1.82, 2.24) is 4.98 Å². The molecule has 1 amide bonds. The van der Waals surface area contributed by atoms with Crippen LogP contribution in [0.4, 0.5) is 5.13 Å². The monoisotopic (exact) mass is 207 g/mol. The van der Waals surface area contributed by atoms with Gasteiger partial charge < -0.3 is 11.5 Å². The van der Waals surface area contributed by atoms with Crippen molar-refractivity contribution in [2.45, 2.75) is 6.42 Å². The number of aromatic nitrogens is 1. The lowest BCUT2D eigenvalue weighted by Gasteiger charge is -1.95. The maximum atomic E-state index is 10.7. The second-order valence-corrected chi connectivity index (χ2v) is 4.06. The molecule has 0 bridgehead atoms. The van der Waals surface area contributed by atoms with E-state index in [0.717, 1.165) is 15.8 Å². The predicted molar refractivity (Wildman–Crippen MR) is 56.9 cm³/mol. The molecule has 0 unspecified atom stereocenters. The number of benzene rings is 1. The van der Waals surface area contributed by atoms with Crippen molar-refractivity contribution in [3.63, 3.8) is 0 Å². The molecule has 14 heavy (non-hydrogen) atoms. The Bertz CT molecular complexity index is 492. The molecule has 0 aliphatic rings. The number of amides is 1. The van der Waals surface area contributed by atoms with Crippen molar-refractivity contribution < 1.29 is 4.79 Å². The Morgan fingerprint density at radius 1 is 1.50 bits per heavy atom. The van der Waals surface area contributed by atoms with Gasteiger partial charge in [0.05, 0.1) is 16.6 Å². The van der Waals surface area contributed by atoms with Gasteiger partial charge in [-0.15, -0.1) is 0 Å². The maximum Gasteiger partial charge on any atom is 0.221 e. The third-order valence-electron chi connectivity index (χ3n) is 1.85. The third-order valence-corrected chi connectivity index (χ3v) is 2.70. The zero-order valence-corrected chi connectivity index (χ0v) is 8.17. The number of anilines is 1. The van der Waals surface area contributed by atoms with E-state index in [2.05, 4.69) is 4.98 Å². The first-order chi connectivity index (χ1) is 6.65. The van der Waals surface area contributed by atoms with Crippen LogP contribution in [0.2, 0.25) is 0 Å². The summed E-state index contributed by atoms with van der Waals surface area (Å²) in [5.41, 5.74) is 12.4. The van der Waals surface area contributed by atoms with Gasteiger partial charge >= 0.3 is 0 Å². The minimum absolute atomic E-state index is 0.258. The Kier molecular flexibility index (Phi) is 2.09. The number of carbonyl (C=O) groups is 1. The van der Waals surface area contributed by atoms with Gasteiger partial charge in [0.2, 0.25) is 5.91 Å². The lowest BCUT2D eigenvalue weighted by Crippen LogP contribution is -2.13. The van der Waals surface area contributed by atoms with E-state index in [1.165, 1.54) is 11.3 Å². The molecule has 0 fully saturated rings. The van der Waals surface area contributed by atoms with Crippen molar-refractivity contribution in [1.29, 1.82) is 0 Å². The molecule has 0 aliphatic heterocycles. The zero-order chi connectivity index (χ0) is 10.1. The van der Waals surface area contributed by atoms with E-state index in [9.17, 15) is 4.79 Å². The molecule has 1 aromatic carbocycles. The van der Waals surface area contributed by atoms with Crippen LogP contribution in [0.3, 0.4) is 0 Å².